The van der Waals surface area contributed by atoms with Crippen LogP contribution in [0.2, 0.25) is 0 Å². The van der Waals surface area contributed by atoms with Crippen LogP contribution >= 0.6 is 0 Å². The van der Waals surface area contributed by atoms with Crippen molar-refractivity contribution < 1.29 is 19.1 Å². The molecule has 1 aromatic rings. The third kappa shape index (κ3) is 2.54. The molecule has 0 aromatic heterocycles. The second-order valence-corrected chi connectivity index (χ2v) is 4.49. The van der Waals surface area contributed by atoms with Crippen LogP contribution in [0.5, 0.6) is 5.75 Å². The van der Waals surface area contributed by atoms with Gasteiger partial charge in [0.2, 0.25) is 0 Å². The normalized spacial score (nSPS) is 18.9. The number of hydrogen-bond donors (Lipinski definition) is 1. The molecule has 1 aliphatic heterocycles. The SMILES string of the molecule is CCC(C(=O)OC)c1ccc2c(c1)OC(C)C(=O)N2. The minimum atomic E-state index is -0.527. The molecule has 1 heterocycles. The van der Waals surface area contributed by atoms with E-state index in [0.29, 0.717) is 17.9 Å². The molecule has 102 valence electrons. The molecule has 0 spiro atoms. The molecule has 1 N–H and O–H groups in total. The van der Waals surface area contributed by atoms with Crippen molar-refractivity contribution in [2.45, 2.75) is 32.3 Å². The first-order valence-electron chi connectivity index (χ1n) is 6.26. The van der Waals surface area contributed by atoms with E-state index < -0.39 is 6.10 Å². The van der Waals surface area contributed by atoms with Crippen LogP contribution in [-0.4, -0.2) is 25.1 Å². The highest BCUT2D eigenvalue weighted by Crippen LogP contribution is 2.33. The number of hydrogen-bond acceptors (Lipinski definition) is 4. The van der Waals surface area contributed by atoms with E-state index in [-0.39, 0.29) is 17.8 Å². The minimum Gasteiger partial charge on any atom is -0.479 e. The van der Waals surface area contributed by atoms with Gasteiger partial charge in [-0.15, -0.1) is 0 Å². The van der Waals surface area contributed by atoms with E-state index in [1.165, 1.54) is 7.11 Å². The van der Waals surface area contributed by atoms with Crippen LogP contribution in [0, 0.1) is 0 Å². The first-order chi connectivity index (χ1) is 9.06. The maximum Gasteiger partial charge on any atom is 0.313 e. The number of carbonyl (C=O) groups is 2. The summed E-state index contributed by atoms with van der Waals surface area (Å²) in [6.07, 6.45) is 0.119. The quantitative estimate of drug-likeness (QED) is 0.848. The first kappa shape index (κ1) is 13.4. The van der Waals surface area contributed by atoms with Gasteiger partial charge in [0.05, 0.1) is 18.7 Å². The Morgan fingerprint density at radius 1 is 1.53 bits per heavy atom. The standard InChI is InChI=1S/C14H17NO4/c1-4-10(14(17)18-3)9-5-6-11-12(7-9)19-8(2)13(16)15-11/h5-8,10H,4H2,1-3H3,(H,15,16). The highest BCUT2D eigenvalue weighted by atomic mass is 16.5. The van der Waals surface area contributed by atoms with Gasteiger partial charge < -0.3 is 14.8 Å². The smallest absolute Gasteiger partial charge is 0.313 e. The molecule has 2 rings (SSSR count). The number of esters is 1. The predicted molar refractivity (Wildman–Crippen MR) is 70.2 cm³/mol. The first-order valence-corrected chi connectivity index (χ1v) is 6.26. The molecule has 1 amide bonds. The topological polar surface area (TPSA) is 64.6 Å². The molecule has 2 atom stereocenters. The zero-order valence-electron chi connectivity index (χ0n) is 11.2. The number of ether oxygens (including phenoxy) is 2. The maximum atomic E-state index is 11.7. The Morgan fingerprint density at radius 2 is 2.26 bits per heavy atom. The Hall–Kier alpha value is -2.04. The van der Waals surface area contributed by atoms with Gasteiger partial charge in [0.1, 0.15) is 5.75 Å². The lowest BCUT2D eigenvalue weighted by atomic mass is 9.96. The summed E-state index contributed by atoms with van der Waals surface area (Å²) in [6, 6.07) is 5.35. The average Bonchev–Trinajstić information content (AvgIpc) is 2.41. The van der Waals surface area contributed by atoms with Crippen LogP contribution in [-0.2, 0) is 14.3 Å². The summed E-state index contributed by atoms with van der Waals surface area (Å²) in [5.74, 6) is -0.158. The average molecular weight is 263 g/mol. The van der Waals surface area contributed by atoms with Crippen molar-refractivity contribution in [3.05, 3.63) is 23.8 Å². The summed E-state index contributed by atoms with van der Waals surface area (Å²) in [6.45, 7) is 3.61. The number of anilines is 1. The number of rotatable bonds is 3. The number of fused-ring (bicyclic) bond motifs is 1. The van der Waals surface area contributed by atoms with Crippen molar-refractivity contribution in [2.75, 3.05) is 12.4 Å². The van der Waals surface area contributed by atoms with E-state index in [2.05, 4.69) is 5.32 Å². The monoisotopic (exact) mass is 263 g/mol. The number of methoxy groups -OCH3 is 1. The van der Waals surface area contributed by atoms with E-state index in [9.17, 15) is 9.59 Å². The lowest BCUT2D eigenvalue weighted by Gasteiger charge is -2.24. The molecule has 5 nitrogen and oxygen atoms in total. The van der Waals surface area contributed by atoms with E-state index in [0.717, 1.165) is 5.56 Å². The van der Waals surface area contributed by atoms with Crippen molar-refractivity contribution in [1.82, 2.24) is 0 Å². The molecule has 19 heavy (non-hydrogen) atoms. The number of carbonyl (C=O) groups excluding carboxylic acids is 2. The molecule has 0 radical (unpaired) electrons. The molecule has 5 heteroatoms. The maximum absolute atomic E-state index is 11.7. The third-order valence-corrected chi connectivity index (χ3v) is 3.23. The Bertz CT molecular complexity index is 512. The van der Waals surface area contributed by atoms with Crippen LogP contribution in [0.15, 0.2) is 18.2 Å². The van der Waals surface area contributed by atoms with Gasteiger partial charge in [0, 0.05) is 0 Å². The summed E-state index contributed by atoms with van der Waals surface area (Å²) in [7, 11) is 1.38. The lowest BCUT2D eigenvalue weighted by molar-refractivity contribution is -0.142. The minimum absolute atomic E-state index is 0.166. The van der Waals surface area contributed by atoms with Crippen LogP contribution < -0.4 is 10.1 Å². The molecular weight excluding hydrogens is 246 g/mol. The number of amides is 1. The van der Waals surface area contributed by atoms with Gasteiger partial charge in [0.15, 0.2) is 6.10 Å². The Kier molecular flexibility index (Phi) is 3.74. The molecular formula is C14H17NO4. The van der Waals surface area contributed by atoms with Gasteiger partial charge in [-0.1, -0.05) is 13.0 Å². The zero-order chi connectivity index (χ0) is 14.0. The molecule has 0 bridgehead atoms. The van der Waals surface area contributed by atoms with E-state index >= 15 is 0 Å². The molecule has 0 fully saturated rings. The molecule has 0 saturated carbocycles. The summed E-state index contributed by atoms with van der Waals surface area (Å²) in [4.78, 5) is 23.2. The fourth-order valence-corrected chi connectivity index (χ4v) is 2.12. The van der Waals surface area contributed by atoms with Crippen molar-refractivity contribution in [3.63, 3.8) is 0 Å². The summed E-state index contributed by atoms with van der Waals surface area (Å²) >= 11 is 0. The van der Waals surface area contributed by atoms with Crippen LogP contribution in [0.3, 0.4) is 0 Å². The van der Waals surface area contributed by atoms with Gasteiger partial charge in [0.25, 0.3) is 5.91 Å². The molecule has 2 unspecified atom stereocenters. The summed E-state index contributed by atoms with van der Waals surface area (Å²) in [5, 5.41) is 2.76. The van der Waals surface area contributed by atoms with Gasteiger partial charge in [-0.25, -0.2) is 0 Å². The van der Waals surface area contributed by atoms with Crippen molar-refractivity contribution in [3.8, 4) is 5.75 Å². The van der Waals surface area contributed by atoms with E-state index in [4.69, 9.17) is 9.47 Å². The Morgan fingerprint density at radius 3 is 2.89 bits per heavy atom. The highest BCUT2D eigenvalue weighted by molar-refractivity contribution is 5.97. The largest absolute Gasteiger partial charge is 0.479 e. The van der Waals surface area contributed by atoms with E-state index in [1.54, 1.807) is 19.1 Å². The van der Waals surface area contributed by atoms with Gasteiger partial charge in [-0.05, 0) is 31.0 Å². The van der Waals surface area contributed by atoms with Crippen molar-refractivity contribution >= 4 is 17.6 Å². The predicted octanol–water partition coefficient (Wildman–Crippen LogP) is 2.07. The second-order valence-electron chi connectivity index (χ2n) is 4.49. The van der Waals surface area contributed by atoms with Gasteiger partial charge in [-0.3, -0.25) is 9.59 Å². The Balaban J connectivity index is 2.33. The molecule has 1 aliphatic rings. The van der Waals surface area contributed by atoms with Gasteiger partial charge >= 0.3 is 5.97 Å². The van der Waals surface area contributed by atoms with E-state index in [1.807, 2.05) is 13.0 Å². The summed E-state index contributed by atoms with van der Waals surface area (Å²) < 4.78 is 10.3. The number of benzene rings is 1. The van der Waals surface area contributed by atoms with Gasteiger partial charge in [-0.2, -0.15) is 0 Å². The molecule has 0 saturated heterocycles. The summed E-state index contributed by atoms with van der Waals surface area (Å²) in [5.41, 5.74) is 1.46. The third-order valence-electron chi connectivity index (χ3n) is 3.23. The Labute approximate surface area is 111 Å². The number of nitrogens with one attached hydrogen (secondary N) is 1. The fourth-order valence-electron chi connectivity index (χ4n) is 2.12. The van der Waals surface area contributed by atoms with Crippen LogP contribution in [0.4, 0.5) is 5.69 Å². The zero-order valence-corrected chi connectivity index (χ0v) is 11.2. The lowest BCUT2D eigenvalue weighted by Crippen LogP contribution is -2.34. The fraction of sp³-hybridized carbons (Fsp3) is 0.429. The second kappa shape index (κ2) is 5.30. The highest BCUT2D eigenvalue weighted by Gasteiger charge is 2.26. The van der Waals surface area contributed by atoms with Crippen molar-refractivity contribution in [1.29, 1.82) is 0 Å². The van der Waals surface area contributed by atoms with Crippen LogP contribution in [0.1, 0.15) is 31.7 Å². The molecule has 1 aromatic carbocycles. The van der Waals surface area contributed by atoms with Crippen LogP contribution in [0.25, 0.3) is 0 Å². The molecule has 0 aliphatic carbocycles. The van der Waals surface area contributed by atoms with Crippen molar-refractivity contribution in [2.24, 2.45) is 0 Å².